The number of aryl methyl sites for hydroxylation is 1. The molecule has 0 saturated heterocycles. The lowest BCUT2D eigenvalue weighted by molar-refractivity contribution is -0.128. The van der Waals surface area contributed by atoms with Gasteiger partial charge in [-0.2, -0.15) is 5.10 Å². The minimum Gasteiger partial charge on any atom is -0.494 e. The van der Waals surface area contributed by atoms with Crippen LogP contribution in [0.5, 0.6) is 11.5 Å². The van der Waals surface area contributed by atoms with Gasteiger partial charge in [-0.1, -0.05) is 12.1 Å². The molecule has 0 aliphatic carbocycles. The highest BCUT2D eigenvalue weighted by Gasteiger charge is 2.20. The van der Waals surface area contributed by atoms with E-state index in [-0.39, 0.29) is 5.69 Å². The highest BCUT2D eigenvalue weighted by atomic mass is 19.1. The van der Waals surface area contributed by atoms with Crippen LogP contribution in [0.2, 0.25) is 0 Å². The van der Waals surface area contributed by atoms with Crippen LogP contribution in [0.15, 0.2) is 59.4 Å². The highest BCUT2D eigenvalue weighted by molar-refractivity contribution is 5.94. The number of hydrazine groups is 1. The van der Waals surface area contributed by atoms with E-state index >= 15 is 0 Å². The van der Waals surface area contributed by atoms with E-state index in [2.05, 4.69) is 16.0 Å². The molecule has 10 heteroatoms. The normalized spacial score (nSPS) is 11.4. The molecule has 172 valence electrons. The molecule has 1 unspecified atom stereocenters. The van der Waals surface area contributed by atoms with E-state index in [1.165, 1.54) is 25.1 Å². The molecule has 0 saturated carbocycles. The van der Waals surface area contributed by atoms with Gasteiger partial charge < -0.3 is 9.47 Å². The van der Waals surface area contributed by atoms with Crippen LogP contribution >= 0.6 is 0 Å². The Hall–Kier alpha value is -4.21. The zero-order valence-electron chi connectivity index (χ0n) is 18.3. The maximum Gasteiger partial charge on any atom is 0.294 e. The second kappa shape index (κ2) is 10.4. The number of para-hydroxylation sites is 1. The van der Waals surface area contributed by atoms with Crippen molar-refractivity contribution >= 4 is 11.8 Å². The lowest BCUT2D eigenvalue weighted by Crippen LogP contribution is -2.48. The molecular weight excluding hydrogens is 431 g/mol. The van der Waals surface area contributed by atoms with Crippen LogP contribution in [-0.4, -0.2) is 34.3 Å². The minimum absolute atomic E-state index is 0.0745. The van der Waals surface area contributed by atoms with E-state index < -0.39 is 34.9 Å². The molecule has 0 radical (unpaired) electrons. The number of carbonyl (C=O) groups is 2. The van der Waals surface area contributed by atoms with E-state index in [0.717, 1.165) is 10.7 Å². The van der Waals surface area contributed by atoms with E-state index in [9.17, 15) is 18.8 Å². The van der Waals surface area contributed by atoms with Gasteiger partial charge in [0, 0.05) is 11.8 Å². The summed E-state index contributed by atoms with van der Waals surface area (Å²) in [6.45, 7) is 5.45. The first-order valence-corrected chi connectivity index (χ1v) is 10.2. The fraction of sp³-hybridized carbons (Fsp3) is 0.217. The molecule has 33 heavy (non-hydrogen) atoms. The summed E-state index contributed by atoms with van der Waals surface area (Å²) >= 11 is 0. The van der Waals surface area contributed by atoms with Crippen molar-refractivity contribution in [3.05, 3.63) is 82.0 Å². The summed E-state index contributed by atoms with van der Waals surface area (Å²) in [7, 11) is 0. The number of hydrogen-bond donors (Lipinski definition) is 2. The molecule has 2 aromatic carbocycles. The number of aromatic nitrogens is 2. The van der Waals surface area contributed by atoms with Crippen LogP contribution in [0.1, 0.15) is 30.0 Å². The van der Waals surface area contributed by atoms with E-state index in [0.29, 0.717) is 23.8 Å². The number of nitrogens with one attached hydrogen (secondary N) is 2. The summed E-state index contributed by atoms with van der Waals surface area (Å²) in [6, 6.07) is 13.7. The third kappa shape index (κ3) is 5.73. The molecular formula is C23H23FN4O5. The van der Waals surface area contributed by atoms with Gasteiger partial charge in [0.25, 0.3) is 11.8 Å². The van der Waals surface area contributed by atoms with Gasteiger partial charge in [-0.05, 0) is 57.2 Å². The number of nitrogens with zero attached hydrogens (tertiary/aromatic N) is 2. The minimum atomic E-state index is -0.954. The molecule has 1 atom stereocenters. The molecule has 9 nitrogen and oxygen atoms in total. The van der Waals surface area contributed by atoms with Crippen molar-refractivity contribution in [3.8, 4) is 17.2 Å². The molecule has 1 aromatic heterocycles. The first-order valence-electron chi connectivity index (χ1n) is 10.2. The van der Waals surface area contributed by atoms with Gasteiger partial charge in [0.1, 0.15) is 23.0 Å². The lowest BCUT2D eigenvalue weighted by Gasteiger charge is -2.16. The third-order valence-electron chi connectivity index (χ3n) is 4.52. The topological polar surface area (TPSA) is 112 Å². The average Bonchev–Trinajstić information content (AvgIpc) is 2.79. The summed E-state index contributed by atoms with van der Waals surface area (Å²) in [5.74, 6) is -1.08. The Kier molecular flexibility index (Phi) is 7.39. The predicted octanol–water partition coefficient (Wildman–Crippen LogP) is 2.31. The number of ether oxygens (including phenoxy) is 2. The first-order chi connectivity index (χ1) is 15.8. The number of benzene rings is 2. The van der Waals surface area contributed by atoms with Crippen LogP contribution in [0, 0.1) is 12.7 Å². The monoisotopic (exact) mass is 454 g/mol. The van der Waals surface area contributed by atoms with Gasteiger partial charge in [-0.25, -0.2) is 9.07 Å². The number of hydrogen-bond acceptors (Lipinski definition) is 6. The zero-order chi connectivity index (χ0) is 24.0. The van der Waals surface area contributed by atoms with Crippen molar-refractivity contribution in [2.24, 2.45) is 0 Å². The van der Waals surface area contributed by atoms with Crippen molar-refractivity contribution in [3.63, 3.8) is 0 Å². The van der Waals surface area contributed by atoms with E-state index in [1.807, 2.05) is 6.92 Å². The van der Waals surface area contributed by atoms with Gasteiger partial charge in [0.2, 0.25) is 5.43 Å². The summed E-state index contributed by atoms with van der Waals surface area (Å²) in [5, 5.41) is 3.97. The first kappa shape index (κ1) is 23.5. The molecule has 0 fully saturated rings. The Morgan fingerprint density at radius 3 is 2.42 bits per heavy atom. The molecule has 2 N–H and O–H groups in total. The maximum atomic E-state index is 14.2. The fourth-order valence-electron chi connectivity index (χ4n) is 2.89. The largest absolute Gasteiger partial charge is 0.494 e. The Bertz CT molecular complexity index is 1210. The Labute approximate surface area is 189 Å². The van der Waals surface area contributed by atoms with Crippen LogP contribution in [-0.2, 0) is 4.79 Å². The Balaban J connectivity index is 1.66. The summed E-state index contributed by atoms with van der Waals surface area (Å²) < 4.78 is 26.2. The smallest absolute Gasteiger partial charge is 0.294 e. The summed E-state index contributed by atoms with van der Waals surface area (Å²) in [5.41, 5.74) is 3.56. The lowest BCUT2D eigenvalue weighted by atomic mass is 10.2. The third-order valence-corrected chi connectivity index (χ3v) is 4.52. The average molecular weight is 454 g/mol. The number of halogens is 1. The van der Waals surface area contributed by atoms with Crippen LogP contribution < -0.4 is 25.8 Å². The van der Waals surface area contributed by atoms with Crippen molar-refractivity contribution in [2.45, 2.75) is 26.9 Å². The standard InChI is InChI=1S/C23H23FN4O5/c1-4-32-16-9-11-17(12-10-16)33-15(3)22(30)25-26-23(31)21-20(29)13-14(2)28(27-21)19-8-6-5-7-18(19)24/h5-13,15H,4H2,1-3H3,(H,25,30)(H,26,31). The second-order valence-corrected chi connectivity index (χ2v) is 6.97. The molecule has 0 bridgehead atoms. The number of amides is 2. The Morgan fingerprint density at radius 1 is 1.09 bits per heavy atom. The van der Waals surface area contributed by atoms with Crippen LogP contribution in [0.3, 0.4) is 0 Å². The van der Waals surface area contributed by atoms with Crippen molar-refractivity contribution in [1.29, 1.82) is 0 Å². The van der Waals surface area contributed by atoms with Crippen molar-refractivity contribution in [2.75, 3.05) is 6.61 Å². The Morgan fingerprint density at radius 2 is 1.76 bits per heavy atom. The van der Waals surface area contributed by atoms with Gasteiger partial charge in [-0.3, -0.25) is 25.2 Å². The molecule has 0 spiro atoms. The number of rotatable bonds is 7. The predicted molar refractivity (Wildman–Crippen MR) is 118 cm³/mol. The van der Waals surface area contributed by atoms with Crippen molar-refractivity contribution in [1.82, 2.24) is 20.6 Å². The molecule has 0 aliphatic heterocycles. The van der Waals surface area contributed by atoms with Crippen LogP contribution in [0.4, 0.5) is 4.39 Å². The highest BCUT2D eigenvalue weighted by Crippen LogP contribution is 2.18. The van der Waals surface area contributed by atoms with Gasteiger partial charge in [0.15, 0.2) is 11.8 Å². The van der Waals surface area contributed by atoms with Crippen LogP contribution in [0.25, 0.3) is 5.69 Å². The molecule has 0 aliphatic rings. The quantitative estimate of drug-likeness (QED) is 0.530. The molecule has 3 rings (SSSR count). The SMILES string of the molecule is CCOc1ccc(OC(C)C(=O)NNC(=O)c2nn(-c3ccccc3F)c(C)cc2=O)cc1. The summed E-state index contributed by atoms with van der Waals surface area (Å²) in [6.07, 6.45) is -0.954. The molecule has 1 heterocycles. The van der Waals surface area contributed by atoms with Crippen molar-refractivity contribution < 1.29 is 23.5 Å². The second-order valence-electron chi connectivity index (χ2n) is 6.97. The van der Waals surface area contributed by atoms with Gasteiger partial charge in [0.05, 0.1) is 6.61 Å². The summed E-state index contributed by atoms with van der Waals surface area (Å²) in [4.78, 5) is 37.0. The maximum absolute atomic E-state index is 14.2. The number of carbonyl (C=O) groups excluding carboxylic acids is 2. The van der Waals surface area contributed by atoms with Gasteiger partial charge in [-0.15, -0.1) is 0 Å². The molecule has 3 aromatic rings. The zero-order valence-corrected chi connectivity index (χ0v) is 18.3. The van der Waals surface area contributed by atoms with E-state index in [1.54, 1.807) is 37.3 Å². The molecule has 2 amide bonds. The van der Waals surface area contributed by atoms with Gasteiger partial charge >= 0.3 is 0 Å². The fourth-order valence-corrected chi connectivity index (χ4v) is 2.89. The van der Waals surface area contributed by atoms with E-state index in [4.69, 9.17) is 9.47 Å².